The van der Waals surface area contributed by atoms with Crippen LogP contribution < -0.4 is 10.2 Å². The third kappa shape index (κ3) is 5.52. The van der Waals surface area contributed by atoms with Gasteiger partial charge in [0.05, 0.1) is 6.21 Å². The van der Waals surface area contributed by atoms with Crippen LogP contribution in [0.4, 0.5) is 0 Å². The van der Waals surface area contributed by atoms with Gasteiger partial charge in [-0.3, -0.25) is 4.79 Å². The molecule has 0 saturated heterocycles. The van der Waals surface area contributed by atoms with Gasteiger partial charge in [0.1, 0.15) is 12.4 Å². The Bertz CT molecular complexity index is 878. The van der Waals surface area contributed by atoms with E-state index in [4.69, 9.17) is 4.74 Å². The van der Waals surface area contributed by atoms with E-state index in [1.54, 1.807) is 24.3 Å². The Labute approximate surface area is 157 Å². The lowest BCUT2D eigenvalue weighted by Crippen LogP contribution is -2.25. The first-order valence-electron chi connectivity index (χ1n) is 8.55. The van der Waals surface area contributed by atoms with Crippen molar-refractivity contribution in [3.63, 3.8) is 0 Å². The summed E-state index contributed by atoms with van der Waals surface area (Å²) in [6.45, 7) is 0.502. The van der Waals surface area contributed by atoms with Crippen molar-refractivity contribution in [3.05, 3.63) is 102 Å². The summed E-state index contributed by atoms with van der Waals surface area (Å²) in [6.07, 6.45) is 0.258. The summed E-state index contributed by atoms with van der Waals surface area (Å²) in [6, 6.07) is 26.0. The lowest BCUT2D eigenvalue weighted by molar-refractivity contribution is -0.129. The average Bonchev–Trinajstić information content (AvgIpc) is 2.74. The maximum atomic E-state index is 11.9. The monoisotopic (exact) mass is 360 g/mol. The van der Waals surface area contributed by atoms with Gasteiger partial charge >= 0.3 is 0 Å². The van der Waals surface area contributed by atoms with Crippen LogP contribution in [0.3, 0.4) is 0 Å². The van der Waals surface area contributed by atoms with Crippen LogP contribution in [0.15, 0.2) is 90.0 Å². The zero-order valence-corrected chi connectivity index (χ0v) is 14.7. The van der Waals surface area contributed by atoms with Gasteiger partial charge in [0, 0.05) is 0 Å². The van der Waals surface area contributed by atoms with Crippen molar-refractivity contribution < 1.29 is 14.6 Å². The molecular formula is C22H20N2O3. The summed E-state index contributed by atoms with van der Waals surface area (Å²) in [5, 5.41) is 13.9. The number of hydrazone groups is 1. The summed E-state index contributed by atoms with van der Waals surface area (Å²) in [4.78, 5) is 11.9. The molecule has 0 aliphatic rings. The number of aliphatic hydroxyl groups excluding tert-OH is 1. The van der Waals surface area contributed by atoms with Crippen LogP contribution in [0.2, 0.25) is 0 Å². The number of carbonyl (C=O) groups excluding carboxylic acids is 1. The van der Waals surface area contributed by atoms with Gasteiger partial charge in [-0.15, -0.1) is 0 Å². The second kappa shape index (κ2) is 9.31. The lowest BCUT2D eigenvalue weighted by atomic mass is 10.1. The summed E-state index contributed by atoms with van der Waals surface area (Å²) >= 11 is 0. The number of amides is 1. The van der Waals surface area contributed by atoms with Crippen molar-refractivity contribution in [1.82, 2.24) is 5.43 Å². The lowest BCUT2D eigenvalue weighted by Gasteiger charge is -2.08. The van der Waals surface area contributed by atoms with Crippen molar-refractivity contribution in [3.8, 4) is 5.75 Å². The molecule has 2 N–H and O–H groups in total. The summed E-state index contributed by atoms with van der Waals surface area (Å²) in [5.41, 5.74) is 4.76. The highest BCUT2D eigenvalue weighted by molar-refractivity contribution is 5.85. The number of nitrogens with one attached hydrogen (secondary N) is 1. The van der Waals surface area contributed by atoms with Gasteiger partial charge in [0.15, 0.2) is 6.10 Å². The predicted molar refractivity (Wildman–Crippen MR) is 104 cm³/mol. The number of benzene rings is 3. The Morgan fingerprint density at radius 3 is 2.26 bits per heavy atom. The predicted octanol–water partition coefficient (Wildman–Crippen LogP) is 3.45. The first-order chi connectivity index (χ1) is 13.2. The fourth-order valence-corrected chi connectivity index (χ4v) is 2.41. The highest BCUT2D eigenvalue weighted by Gasteiger charge is 2.15. The number of hydrogen-bond acceptors (Lipinski definition) is 4. The molecule has 0 aromatic heterocycles. The van der Waals surface area contributed by atoms with Crippen molar-refractivity contribution in [2.24, 2.45) is 5.10 Å². The minimum Gasteiger partial charge on any atom is -0.489 e. The second-order valence-electron chi connectivity index (χ2n) is 5.89. The molecule has 0 aliphatic heterocycles. The highest BCUT2D eigenvalue weighted by atomic mass is 16.5. The van der Waals surface area contributed by atoms with E-state index in [0.717, 1.165) is 16.9 Å². The van der Waals surface area contributed by atoms with Crippen LogP contribution in [-0.2, 0) is 11.4 Å². The quantitative estimate of drug-likeness (QED) is 0.501. The van der Waals surface area contributed by atoms with Crippen molar-refractivity contribution in [2.75, 3.05) is 0 Å². The van der Waals surface area contributed by atoms with Crippen LogP contribution >= 0.6 is 0 Å². The van der Waals surface area contributed by atoms with Crippen LogP contribution in [-0.4, -0.2) is 17.2 Å². The van der Waals surface area contributed by atoms with Crippen molar-refractivity contribution in [1.29, 1.82) is 0 Å². The first kappa shape index (κ1) is 18.4. The highest BCUT2D eigenvalue weighted by Crippen LogP contribution is 2.14. The third-order valence-corrected chi connectivity index (χ3v) is 3.88. The number of nitrogens with zero attached hydrogens (tertiary/aromatic N) is 1. The van der Waals surface area contributed by atoms with Gasteiger partial charge in [-0.2, -0.15) is 5.10 Å². The topological polar surface area (TPSA) is 70.9 Å². The molecule has 1 atom stereocenters. The number of rotatable bonds is 7. The molecule has 136 valence electrons. The van der Waals surface area contributed by atoms with Crippen molar-refractivity contribution in [2.45, 2.75) is 12.7 Å². The molecule has 0 radical (unpaired) electrons. The number of hydrogen-bond donors (Lipinski definition) is 2. The summed E-state index contributed by atoms with van der Waals surface area (Å²) < 4.78 is 5.72. The van der Waals surface area contributed by atoms with E-state index < -0.39 is 12.0 Å². The zero-order chi connectivity index (χ0) is 18.9. The van der Waals surface area contributed by atoms with Crippen LogP contribution in [0.1, 0.15) is 22.8 Å². The molecule has 5 nitrogen and oxygen atoms in total. The Hall–Kier alpha value is -3.44. The van der Waals surface area contributed by atoms with E-state index in [9.17, 15) is 9.90 Å². The zero-order valence-electron chi connectivity index (χ0n) is 14.7. The fraction of sp³-hybridized carbons (Fsp3) is 0.0909. The van der Waals surface area contributed by atoms with E-state index in [1.165, 1.54) is 6.21 Å². The van der Waals surface area contributed by atoms with E-state index in [-0.39, 0.29) is 0 Å². The first-order valence-corrected chi connectivity index (χ1v) is 8.55. The van der Waals surface area contributed by atoms with Gasteiger partial charge in [0.2, 0.25) is 0 Å². The minimum absolute atomic E-state index is 0.502. The standard InChI is InChI=1S/C22H20N2O3/c25-21(19-9-5-2-6-10-19)22(26)24-23-15-17-11-13-20(14-12-17)27-16-18-7-3-1-4-8-18/h1-15,21,25H,16H2,(H,24,26)/b23-15-/t21-/m0/s1. The molecule has 0 heterocycles. The molecule has 3 rings (SSSR count). The number of carbonyl (C=O) groups is 1. The van der Waals surface area contributed by atoms with E-state index in [0.29, 0.717) is 12.2 Å². The molecule has 3 aromatic carbocycles. The van der Waals surface area contributed by atoms with Crippen LogP contribution in [0, 0.1) is 0 Å². The molecular weight excluding hydrogens is 340 g/mol. The van der Waals surface area contributed by atoms with Gasteiger partial charge in [-0.05, 0) is 41.0 Å². The molecule has 0 fully saturated rings. The van der Waals surface area contributed by atoms with Crippen LogP contribution in [0.25, 0.3) is 0 Å². The molecule has 3 aromatic rings. The second-order valence-corrected chi connectivity index (χ2v) is 5.89. The van der Waals surface area contributed by atoms with E-state index >= 15 is 0 Å². The number of aliphatic hydroxyl groups is 1. The normalized spacial score (nSPS) is 11.9. The van der Waals surface area contributed by atoms with Crippen LogP contribution in [0.5, 0.6) is 5.75 Å². The minimum atomic E-state index is -1.25. The molecule has 0 spiro atoms. The Morgan fingerprint density at radius 2 is 1.59 bits per heavy atom. The maximum Gasteiger partial charge on any atom is 0.273 e. The SMILES string of the molecule is O=C(N/N=C\c1ccc(OCc2ccccc2)cc1)[C@@H](O)c1ccccc1. The van der Waals surface area contributed by atoms with E-state index in [1.807, 2.05) is 60.7 Å². The average molecular weight is 360 g/mol. The third-order valence-electron chi connectivity index (χ3n) is 3.88. The Morgan fingerprint density at radius 1 is 0.963 bits per heavy atom. The molecule has 27 heavy (non-hydrogen) atoms. The number of ether oxygens (including phenoxy) is 1. The molecule has 0 unspecified atom stereocenters. The summed E-state index contributed by atoms with van der Waals surface area (Å²) in [5.74, 6) is 0.166. The largest absolute Gasteiger partial charge is 0.489 e. The maximum absolute atomic E-state index is 11.9. The fourth-order valence-electron chi connectivity index (χ4n) is 2.41. The molecule has 0 aliphatic carbocycles. The Balaban J connectivity index is 1.49. The van der Waals surface area contributed by atoms with Crippen molar-refractivity contribution >= 4 is 12.1 Å². The van der Waals surface area contributed by atoms with Gasteiger partial charge in [0.25, 0.3) is 5.91 Å². The smallest absolute Gasteiger partial charge is 0.273 e. The molecule has 5 heteroatoms. The van der Waals surface area contributed by atoms with Gasteiger partial charge in [-0.1, -0.05) is 60.7 Å². The molecule has 0 saturated carbocycles. The molecule has 1 amide bonds. The van der Waals surface area contributed by atoms with Gasteiger partial charge in [-0.25, -0.2) is 5.43 Å². The van der Waals surface area contributed by atoms with E-state index in [2.05, 4.69) is 10.5 Å². The Kier molecular flexibility index (Phi) is 6.33. The molecule has 0 bridgehead atoms. The summed E-state index contributed by atoms with van der Waals surface area (Å²) in [7, 11) is 0. The van der Waals surface area contributed by atoms with Gasteiger partial charge < -0.3 is 9.84 Å².